The molecule has 0 fully saturated rings. The molecule has 2 aromatic rings. The van der Waals surface area contributed by atoms with Gasteiger partial charge in [0.25, 0.3) is 0 Å². The van der Waals surface area contributed by atoms with Gasteiger partial charge in [0.1, 0.15) is 23.3 Å². The first-order chi connectivity index (χ1) is 8.33. The molecule has 3 heteroatoms. The molecule has 0 aromatic heterocycles. The first-order valence-corrected chi connectivity index (χ1v) is 5.14. The Morgan fingerprint density at radius 2 is 1.76 bits per heavy atom. The molecule has 0 aliphatic carbocycles. The molecule has 0 spiro atoms. The quantitative estimate of drug-likeness (QED) is 0.804. The Kier molecular flexibility index (Phi) is 3.27. The maximum Gasteiger partial charge on any atom is 0.136 e. The predicted octanol–water partition coefficient (Wildman–Crippen LogP) is 3.36. The van der Waals surface area contributed by atoms with E-state index in [0.717, 1.165) is 5.75 Å². The van der Waals surface area contributed by atoms with E-state index in [0.29, 0.717) is 17.1 Å². The van der Waals surface area contributed by atoms with Crippen molar-refractivity contribution in [2.24, 2.45) is 0 Å². The standard InChI is InChI=1S/C14H11NO2/c1-16-14-8-7-13(9-11(14)10-15)17-12-5-3-2-4-6-12/h2-9H,1H3. The highest BCUT2D eigenvalue weighted by atomic mass is 16.5. The predicted molar refractivity (Wildman–Crippen MR) is 64.2 cm³/mol. The van der Waals surface area contributed by atoms with Crippen LogP contribution >= 0.6 is 0 Å². The van der Waals surface area contributed by atoms with E-state index < -0.39 is 0 Å². The van der Waals surface area contributed by atoms with Gasteiger partial charge in [-0.1, -0.05) is 18.2 Å². The fourth-order valence-electron chi connectivity index (χ4n) is 1.46. The van der Waals surface area contributed by atoms with E-state index in [4.69, 9.17) is 14.7 Å². The third kappa shape index (κ3) is 2.56. The summed E-state index contributed by atoms with van der Waals surface area (Å²) < 4.78 is 10.7. The van der Waals surface area contributed by atoms with Gasteiger partial charge in [0.15, 0.2) is 0 Å². The molecule has 0 unspecified atom stereocenters. The number of benzene rings is 2. The maximum atomic E-state index is 8.95. The van der Waals surface area contributed by atoms with Crippen LogP contribution in [0.5, 0.6) is 17.2 Å². The van der Waals surface area contributed by atoms with Gasteiger partial charge in [-0.05, 0) is 24.3 Å². The zero-order chi connectivity index (χ0) is 12.1. The van der Waals surface area contributed by atoms with E-state index >= 15 is 0 Å². The molecule has 0 saturated heterocycles. The summed E-state index contributed by atoms with van der Waals surface area (Å²) >= 11 is 0. The number of ether oxygens (including phenoxy) is 2. The topological polar surface area (TPSA) is 42.2 Å². The van der Waals surface area contributed by atoms with Crippen molar-refractivity contribution in [3.8, 4) is 23.3 Å². The SMILES string of the molecule is COc1ccc(Oc2ccccc2)cc1C#N. The number of nitrogens with zero attached hydrogens (tertiary/aromatic N) is 1. The van der Waals surface area contributed by atoms with Gasteiger partial charge in [0.05, 0.1) is 12.7 Å². The lowest BCUT2D eigenvalue weighted by atomic mass is 10.2. The summed E-state index contributed by atoms with van der Waals surface area (Å²) in [6, 6.07) is 16.6. The smallest absolute Gasteiger partial charge is 0.136 e. The van der Waals surface area contributed by atoms with Crippen molar-refractivity contribution in [1.29, 1.82) is 5.26 Å². The van der Waals surface area contributed by atoms with Crippen molar-refractivity contribution in [1.82, 2.24) is 0 Å². The Morgan fingerprint density at radius 3 is 2.41 bits per heavy atom. The molecule has 0 N–H and O–H groups in total. The molecule has 0 aliphatic heterocycles. The van der Waals surface area contributed by atoms with Crippen LogP contribution in [0.3, 0.4) is 0 Å². The fourth-order valence-corrected chi connectivity index (χ4v) is 1.46. The van der Waals surface area contributed by atoms with Crippen LogP contribution in [-0.4, -0.2) is 7.11 Å². The lowest BCUT2D eigenvalue weighted by Gasteiger charge is -2.07. The average molecular weight is 225 g/mol. The molecule has 0 bridgehead atoms. The van der Waals surface area contributed by atoms with Gasteiger partial charge in [-0.25, -0.2) is 0 Å². The minimum atomic E-state index is 0.459. The zero-order valence-electron chi connectivity index (χ0n) is 9.38. The Bertz CT molecular complexity index is 544. The van der Waals surface area contributed by atoms with Crippen LogP contribution in [-0.2, 0) is 0 Å². The Labute approximate surface area is 99.8 Å². The van der Waals surface area contributed by atoms with E-state index in [9.17, 15) is 0 Å². The summed E-state index contributed by atoms with van der Waals surface area (Å²) in [6.07, 6.45) is 0. The zero-order valence-corrected chi connectivity index (χ0v) is 9.38. The molecule has 0 saturated carbocycles. The number of hydrogen-bond donors (Lipinski definition) is 0. The summed E-state index contributed by atoms with van der Waals surface area (Å²) in [5, 5.41) is 8.95. The summed E-state index contributed by atoms with van der Waals surface area (Å²) in [6.45, 7) is 0. The van der Waals surface area contributed by atoms with Crippen molar-refractivity contribution in [2.45, 2.75) is 0 Å². The molecule has 17 heavy (non-hydrogen) atoms. The van der Waals surface area contributed by atoms with Gasteiger partial charge >= 0.3 is 0 Å². The van der Waals surface area contributed by atoms with Crippen LogP contribution in [0.4, 0.5) is 0 Å². The molecule has 0 heterocycles. The highest BCUT2D eigenvalue weighted by molar-refractivity contribution is 5.48. The van der Waals surface area contributed by atoms with Crippen molar-refractivity contribution in [3.63, 3.8) is 0 Å². The minimum absolute atomic E-state index is 0.459. The van der Waals surface area contributed by atoms with E-state index in [2.05, 4.69) is 6.07 Å². The van der Waals surface area contributed by atoms with E-state index in [-0.39, 0.29) is 0 Å². The van der Waals surface area contributed by atoms with Gasteiger partial charge in [-0.3, -0.25) is 0 Å². The molecular formula is C14H11NO2. The maximum absolute atomic E-state index is 8.95. The highest BCUT2D eigenvalue weighted by Crippen LogP contribution is 2.26. The third-order valence-electron chi connectivity index (χ3n) is 2.27. The van der Waals surface area contributed by atoms with Crippen molar-refractivity contribution in [3.05, 3.63) is 54.1 Å². The largest absolute Gasteiger partial charge is 0.495 e. The molecule has 3 nitrogen and oxygen atoms in total. The van der Waals surface area contributed by atoms with Crippen LogP contribution < -0.4 is 9.47 Å². The fraction of sp³-hybridized carbons (Fsp3) is 0.0714. The van der Waals surface area contributed by atoms with E-state index in [1.54, 1.807) is 18.2 Å². The molecule has 0 aliphatic rings. The molecule has 0 atom stereocenters. The van der Waals surface area contributed by atoms with Gasteiger partial charge in [-0.2, -0.15) is 5.26 Å². The van der Waals surface area contributed by atoms with Crippen molar-refractivity contribution < 1.29 is 9.47 Å². The van der Waals surface area contributed by atoms with Gasteiger partial charge in [0, 0.05) is 6.07 Å². The number of para-hydroxylation sites is 1. The number of nitriles is 1. The summed E-state index contributed by atoms with van der Waals surface area (Å²) in [7, 11) is 1.54. The molecular weight excluding hydrogens is 214 g/mol. The number of hydrogen-bond acceptors (Lipinski definition) is 3. The second-order valence-electron chi connectivity index (χ2n) is 3.39. The summed E-state index contributed by atoms with van der Waals surface area (Å²) in [5.41, 5.74) is 0.459. The second-order valence-corrected chi connectivity index (χ2v) is 3.39. The van der Waals surface area contributed by atoms with Crippen molar-refractivity contribution in [2.75, 3.05) is 7.11 Å². The van der Waals surface area contributed by atoms with Crippen LogP contribution in [0.2, 0.25) is 0 Å². The van der Waals surface area contributed by atoms with E-state index in [1.165, 1.54) is 7.11 Å². The van der Waals surface area contributed by atoms with Gasteiger partial charge in [-0.15, -0.1) is 0 Å². The lowest BCUT2D eigenvalue weighted by Crippen LogP contribution is -1.89. The summed E-state index contributed by atoms with van der Waals surface area (Å²) in [5.74, 6) is 1.91. The molecule has 0 radical (unpaired) electrons. The lowest BCUT2D eigenvalue weighted by molar-refractivity contribution is 0.411. The number of rotatable bonds is 3. The minimum Gasteiger partial charge on any atom is -0.495 e. The Morgan fingerprint density at radius 1 is 1.00 bits per heavy atom. The molecule has 2 rings (SSSR count). The van der Waals surface area contributed by atoms with Crippen LogP contribution in [0.15, 0.2) is 48.5 Å². The Balaban J connectivity index is 2.26. The second kappa shape index (κ2) is 5.04. The number of methoxy groups -OCH3 is 1. The van der Waals surface area contributed by atoms with Gasteiger partial charge in [0.2, 0.25) is 0 Å². The van der Waals surface area contributed by atoms with Crippen LogP contribution in [0, 0.1) is 11.3 Å². The first-order valence-electron chi connectivity index (χ1n) is 5.14. The average Bonchev–Trinajstić information content (AvgIpc) is 2.40. The summed E-state index contributed by atoms with van der Waals surface area (Å²) in [4.78, 5) is 0. The van der Waals surface area contributed by atoms with Crippen molar-refractivity contribution >= 4 is 0 Å². The van der Waals surface area contributed by atoms with Gasteiger partial charge < -0.3 is 9.47 Å². The van der Waals surface area contributed by atoms with Crippen LogP contribution in [0.25, 0.3) is 0 Å². The van der Waals surface area contributed by atoms with Crippen LogP contribution in [0.1, 0.15) is 5.56 Å². The Hall–Kier alpha value is -2.47. The highest BCUT2D eigenvalue weighted by Gasteiger charge is 2.04. The van der Waals surface area contributed by atoms with E-state index in [1.807, 2.05) is 30.3 Å². The molecule has 2 aromatic carbocycles. The molecule has 84 valence electrons. The monoisotopic (exact) mass is 225 g/mol. The third-order valence-corrected chi connectivity index (χ3v) is 2.27. The first kappa shape index (κ1) is 11.0. The molecule has 0 amide bonds. The normalized spacial score (nSPS) is 9.41.